The van der Waals surface area contributed by atoms with Crippen molar-refractivity contribution >= 4 is 15.9 Å². The Hall–Kier alpha value is -1.46. The average Bonchev–Trinajstić information content (AvgIpc) is 2.35. The minimum atomic E-state index is -0.436. The van der Waals surface area contributed by atoms with Gasteiger partial charge in [-0.05, 0) is 37.2 Å². The number of hydrogen-bond acceptors (Lipinski definition) is 3. The Bertz CT molecular complexity index is 548. The van der Waals surface area contributed by atoms with Gasteiger partial charge in [-0.25, -0.2) is 9.37 Å². The van der Waals surface area contributed by atoms with Crippen LogP contribution < -0.4 is 10.5 Å². The average molecular weight is 311 g/mol. The van der Waals surface area contributed by atoms with Crippen LogP contribution in [0.1, 0.15) is 5.56 Å². The molecule has 2 N–H and O–H groups in total. The molecule has 18 heavy (non-hydrogen) atoms. The molecule has 1 heterocycles. The van der Waals surface area contributed by atoms with Crippen LogP contribution in [0, 0.1) is 5.82 Å². The number of benzene rings is 1. The lowest BCUT2D eigenvalue weighted by atomic mass is 10.2. The van der Waals surface area contributed by atoms with Gasteiger partial charge in [0.05, 0.1) is 0 Å². The molecule has 0 saturated carbocycles. The quantitative estimate of drug-likeness (QED) is 0.942. The van der Waals surface area contributed by atoms with Gasteiger partial charge in [-0.15, -0.1) is 0 Å². The minimum Gasteiger partial charge on any atom is -0.436 e. The van der Waals surface area contributed by atoms with Crippen LogP contribution >= 0.6 is 15.9 Å². The molecule has 0 fully saturated rings. The third-order valence-corrected chi connectivity index (χ3v) is 2.86. The number of nitrogens with two attached hydrogens (primary N) is 1. The molecule has 94 valence electrons. The summed E-state index contributed by atoms with van der Waals surface area (Å²) in [5.41, 5.74) is 6.37. The lowest BCUT2D eigenvalue weighted by Crippen LogP contribution is -2.05. The maximum Gasteiger partial charge on any atom is 0.222 e. The zero-order chi connectivity index (χ0) is 13.0. The molecule has 0 spiro atoms. The van der Waals surface area contributed by atoms with Gasteiger partial charge in [-0.3, -0.25) is 0 Å². The number of aromatic nitrogens is 1. The van der Waals surface area contributed by atoms with Crippen LogP contribution in [-0.2, 0) is 6.42 Å². The second kappa shape index (κ2) is 5.93. The maximum absolute atomic E-state index is 13.6. The van der Waals surface area contributed by atoms with Crippen LogP contribution in [0.5, 0.6) is 11.6 Å². The smallest absolute Gasteiger partial charge is 0.222 e. The molecule has 5 heteroatoms. The van der Waals surface area contributed by atoms with Gasteiger partial charge in [-0.1, -0.05) is 22.0 Å². The molecule has 3 nitrogen and oxygen atoms in total. The molecule has 0 atom stereocenters. The van der Waals surface area contributed by atoms with Crippen LogP contribution in [0.4, 0.5) is 4.39 Å². The normalized spacial score (nSPS) is 10.4. The Labute approximate surface area is 113 Å². The number of hydrogen-bond donors (Lipinski definition) is 1. The van der Waals surface area contributed by atoms with E-state index >= 15 is 0 Å². The van der Waals surface area contributed by atoms with E-state index in [2.05, 4.69) is 20.9 Å². The second-order valence-electron chi connectivity index (χ2n) is 3.68. The predicted molar refractivity (Wildman–Crippen MR) is 71.2 cm³/mol. The Balaban J connectivity index is 2.28. The summed E-state index contributed by atoms with van der Waals surface area (Å²) < 4.78 is 19.8. The molecule has 0 unspecified atom stereocenters. The highest BCUT2D eigenvalue weighted by Gasteiger charge is 2.09. The first-order valence-electron chi connectivity index (χ1n) is 5.47. The van der Waals surface area contributed by atoms with Gasteiger partial charge in [0.25, 0.3) is 0 Å². The van der Waals surface area contributed by atoms with Gasteiger partial charge >= 0.3 is 0 Å². The van der Waals surface area contributed by atoms with Crippen molar-refractivity contribution in [3.63, 3.8) is 0 Å². The summed E-state index contributed by atoms with van der Waals surface area (Å²) in [5.74, 6) is 0.105. The molecule has 1 aromatic carbocycles. The molecule has 0 aliphatic heterocycles. The molecule has 0 aliphatic rings. The standard InChI is InChI=1S/C13H12BrFN2O/c14-10-3-4-12(11(15)8-10)18-13-9(5-6-16)2-1-7-17-13/h1-4,7-8H,5-6,16H2. The molecule has 0 radical (unpaired) electrons. The number of halogens is 2. The predicted octanol–water partition coefficient (Wildman–Crippen LogP) is 3.28. The fraction of sp³-hybridized carbons (Fsp3) is 0.154. The topological polar surface area (TPSA) is 48.1 Å². The highest BCUT2D eigenvalue weighted by molar-refractivity contribution is 9.10. The molecule has 2 rings (SSSR count). The van der Waals surface area contributed by atoms with E-state index in [1.54, 1.807) is 24.4 Å². The number of pyridine rings is 1. The summed E-state index contributed by atoms with van der Waals surface area (Å²) in [6.45, 7) is 0.491. The summed E-state index contributed by atoms with van der Waals surface area (Å²) in [5, 5.41) is 0. The lowest BCUT2D eigenvalue weighted by Gasteiger charge is -2.09. The first-order chi connectivity index (χ1) is 8.70. The van der Waals surface area contributed by atoms with Gasteiger partial charge in [0.2, 0.25) is 5.88 Å². The number of nitrogens with zero attached hydrogens (tertiary/aromatic N) is 1. The molecule has 0 aliphatic carbocycles. The van der Waals surface area contributed by atoms with Crippen molar-refractivity contribution in [1.29, 1.82) is 0 Å². The monoisotopic (exact) mass is 310 g/mol. The lowest BCUT2D eigenvalue weighted by molar-refractivity contribution is 0.422. The van der Waals surface area contributed by atoms with E-state index in [4.69, 9.17) is 10.5 Å². The van der Waals surface area contributed by atoms with Crippen LogP contribution in [0.3, 0.4) is 0 Å². The minimum absolute atomic E-state index is 0.148. The van der Waals surface area contributed by atoms with Crippen molar-refractivity contribution < 1.29 is 9.13 Å². The van der Waals surface area contributed by atoms with Crippen molar-refractivity contribution in [2.75, 3.05) is 6.54 Å². The molecular formula is C13H12BrFN2O. The SMILES string of the molecule is NCCc1cccnc1Oc1ccc(Br)cc1F. The van der Waals surface area contributed by atoms with E-state index in [1.165, 1.54) is 6.07 Å². The third kappa shape index (κ3) is 3.05. The second-order valence-corrected chi connectivity index (χ2v) is 4.60. The van der Waals surface area contributed by atoms with E-state index in [0.29, 0.717) is 23.3 Å². The third-order valence-electron chi connectivity index (χ3n) is 2.36. The van der Waals surface area contributed by atoms with Crippen LogP contribution in [-0.4, -0.2) is 11.5 Å². The van der Waals surface area contributed by atoms with Gasteiger partial charge in [0, 0.05) is 16.2 Å². The number of rotatable bonds is 4. The zero-order valence-electron chi connectivity index (χ0n) is 9.57. The van der Waals surface area contributed by atoms with Crippen molar-refractivity contribution in [1.82, 2.24) is 4.98 Å². The largest absolute Gasteiger partial charge is 0.436 e. The molecule has 0 saturated heterocycles. The summed E-state index contributed by atoms with van der Waals surface area (Å²) in [6, 6.07) is 8.28. The van der Waals surface area contributed by atoms with Gasteiger partial charge in [0.15, 0.2) is 11.6 Å². The van der Waals surface area contributed by atoms with Crippen molar-refractivity contribution in [3.05, 3.63) is 52.4 Å². The van der Waals surface area contributed by atoms with E-state index < -0.39 is 5.82 Å². The summed E-state index contributed by atoms with van der Waals surface area (Å²) >= 11 is 3.19. The molecule has 1 aromatic heterocycles. The molecular weight excluding hydrogens is 299 g/mol. The number of ether oxygens (including phenoxy) is 1. The van der Waals surface area contributed by atoms with Crippen LogP contribution in [0.15, 0.2) is 41.0 Å². The Kier molecular flexibility index (Phi) is 4.28. The van der Waals surface area contributed by atoms with Gasteiger partial charge < -0.3 is 10.5 Å². The Morgan fingerprint density at radius 3 is 2.89 bits per heavy atom. The van der Waals surface area contributed by atoms with E-state index in [9.17, 15) is 4.39 Å². The molecule has 0 bridgehead atoms. The summed E-state index contributed by atoms with van der Waals surface area (Å²) in [6.07, 6.45) is 2.24. The Morgan fingerprint density at radius 1 is 1.33 bits per heavy atom. The van der Waals surface area contributed by atoms with E-state index in [1.807, 2.05) is 6.07 Å². The van der Waals surface area contributed by atoms with Crippen LogP contribution in [0.25, 0.3) is 0 Å². The highest BCUT2D eigenvalue weighted by Crippen LogP contribution is 2.27. The van der Waals surface area contributed by atoms with Crippen molar-refractivity contribution in [3.8, 4) is 11.6 Å². The van der Waals surface area contributed by atoms with Crippen molar-refractivity contribution in [2.45, 2.75) is 6.42 Å². The van der Waals surface area contributed by atoms with E-state index in [-0.39, 0.29) is 5.75 Å². The van der Waals surface area contributed by atoms with Crippen molar-refractivity contribution in [2.24, 2.45) is 5.73 Å². The maximum atomic E-state index is 13.6. The fourth-order valence-corrected chi connectivity index (χ4v) is 1.86. The zero-order valence-corrected chi connectivity index (χ0v) is 11.2. The van der Waals surface area contributed by atoms with Crippen LogP contribution in [0.2, 0.25) is 0 Å². The summed E-state index contributed by atoms with van der Waals surface area (Å²) in [7, 11) is 0. The highest BCUT2D eigenvalue weighted by atomic mass is 79.9. The molecule has 2 aromatic rings. The Morgan fingerprint density at radius 2 is 2.17 bits per heavy atom. The van der Waals surface area contributed by atoms with Gasteiger partial charge in [-0.2, -0.15) is 0 Å². The van der Waals surface area contributed by atoms with E-state index in [0.717, 1.165) is 5.56 Å². The molecule has 0 amide bonds. The van der Waals surface area contributed by atoms with Gasteiger partial charge in [0.1, 0.15) is 0 Å². The first-order valence-corrected chi connectivity index (χ1v) is 6.27. The first kappa shape index (κ1) is 13.0. The summed E-state index contributed by atoms with van der Waals surface area (Å²) in [4.78, 5) is 4.10. The fourth-order valence-electron chi connectivity index (χ4n) is 1.52.